The number of halogens is 1. The molecule has 124 valence electrons. The van der Waals surface area contributed by atoms with E-state index in [1.165, 1.54) is 18.5 Å². The molecule has 0 N–H and O–H groups in total. The lowest BCUT2D eigenvalue weighted by Gasteiger charge is -2.09. The fourth-order valence-corrected chi connectivity index (χ4v) is 2.60. The largest absolute Gasteiger partial charge is 0.438 e. The summed E-state index contributed by atoms with van der Waals surface area (Å²) < 4.78 is 20.8. The first kappa shape index (κ1) is 15.3. The maximum Gasteiger partial charge on any atom is 0.233 e. The molecule has 0 bridgehead atoms. The minimum absolute atomic E-state index is 0.297. The van der Waals surface area contributed by atoms with Crippen molar-refractivity contribution in [2.75, 3.05) is 0 Å². The van der Waals surface area contributed by atoms with Crippen LogP contribution in [0.5, 0.6) is 11.6 Å². The van der Waals surface area contributed by atoms with Crippen molar-refractivity contribution in [3.8, 4) is 17.3 Å². The first-order valence-electron chi connectivity index (χ1n) is 7.81. The monoisotopic (exact) mass is 334 g/mol. The van der Waals surface area contributed by atoms with Crippen LogP contribution in [0.3, 0.4) is 0 Å². The van der Waals surface area contributed by atoms with Crippen LogP contribution in [0.25, 0.3) is 16.7 Å². The number of benzene rings is 2. The van der Waals surface area contributed by atoms with Gasteiger partial charge >= 0.3 is 0 Å². The summed E-state index contributed by atoms with van der Waals surface area (Å²) in [4.78, 5) is 8.55. The van der Waals surface area contributed by atoms with Crippen LogP contribution in [0.15, 0.2) is 55.0 Å². The maximum atomic E-state index is 13.1. The Morgan fingerprint density at radius 2 is 1.80 bits per heavy atom. The van der Waals surface area contributed by atoms with Gasteiger partial charge in [-0.25, -0.2) is 19.0 Å². The zero-order valence-electron chi connectivity index (χ0n) is 13.8. The molecule has 6 heteroatoms. The second-order valence-electron chi connectivity index (χ2n) is 5.82. The van der Waals surface area contributed by atoms with Gasteiger partial charge in [-0.2, -0.15) is 5.10 Å². The van der Waals surface area contributed by atoms with E-state index in [-0.39, 0.29) is 5.82 Å². The van der Waals surface area contributed by atoms with Crippen molar-refractivity contribution in [1.29, 1.82) is 0 Å². The lowest BCUT2D eigenvalue weighted by molar-refractivity contribution is 0.464. The van der Waals surface area contributed by atoms with Gasteiger partial charge in [0.05, 0.1) is 11.9 Å². The van der Waals surface area contributed by atoms with Crippen molar-refractivity contribution >= 4 is 11.0 Å². The molecule has 2 aromatic heterocycles. The molecular formula is C19H15FN4O. The summed E-state index contributed by atoms with van der Waals surface area (Å²) in [6.07, 6.45) is 3.09. The standard InChI is InChI=1S/C19H15FN4O/c1-12-3-4-13(2)17(9-12)25-19-16-10-23-24(18(16)21-11-22-19)15-7-5-14(20)6-8-15/h3-11H,1-2H3. The summed E-state index contributed by atoms with van der Waals surface area (Å²) in [5.41, 5.74) is 3.44. The highest BCUT2D eigenvalue weighted by Gasteiger charge is 2.13. The summed E-state index contributed by atoms with van der Waals surface area (Å²) in [5.74, 6) is 0.885. The molecule has 0 saturated heterocycles. The SMILES string of the molecule is Cc1ccc(C)c(Oc2ncnc3c2cnn3-c2ccc(F)cc2)c1. The van der Waals surface area contributed by atoms with Gasteiger partial charge in [-0.1, -0.05) is 12.1 Å². The Kier molecular flexibility index (Phi) is 3.65. The normalized spacial score (nSPS) is 11.0. The highest BCUT2D eigenvalue weighted by molar-refractivity contribution is 5.81. The Morgan fingerprint density at radius 3 is 2.60 bits per heavy atom. The Balaban J connectivity index is 1.79. The average molecular weight is 334 g/mol. The van der Waals surface area contributed by atoms with Crippen LogP contribution in [0.1, 0.15) is 11.1 Å². The number of rotatable bonds is 3. The van der Waals surface area contributed by atoms with Crippen molar-refractivity contribution in [1.82, 2.24) is 19.7 Å². The van der Waals surface area contributed by atoms with Gasteiger partial charge in [-0.3, -0.25) is 0 Å². The van der Waals surface area contributed by atoms with Crippen molar-refractivity contribution in [3.63, 3.8) is 0 Å². The topological polar surface area (TPSA) is 52.8 Å². The number of ether oxygens (including phenoxy) is 1. The smallest absolute Gasteiger partial charge is 0.233 e. The Hall–Kier alpha value is -3.28. The van der Waals surface area contributed by atoms with E-state index in [0.29, 0.717) is 22.6 Å². The van der Waals surface area contributed by atoms with Crippen LogP contribution in [0.2, 0.25) is 0 Å². The fourth-order valence-electron chi connectivity index (χ4n) is 2.60. The van der Waals surface area contributed by atoms with Crippen LogP contribution < -0.4 is 4.74 Å². The number of hydrogen-bond acceptors (Lipinski definition) is 4. The Morgan fingerprint density at radius 1 is 1.00 bits per heavy atom. The van der Waals surface area contributed by atoms with Gasteiger partial charge in [0.15, 0.2) is 5.65 Å². The molecular weight excluding hydrogens is 319 g/mol. The van der Waals surface area contributed by atoms with Gasteiger partial charge in [0.25, 0.3) is 0 Å². The molecule has 2 heterocycles. The van der Waals surface area contributed by atoms with Crippen LogP contribution >= 0.6 is 0 Å². The first-order valence-corrected chi connectivity index (χ1v) is 7.81. The molecule has 4 rings (SSSR count). The molecule has 0 aliphatic carbocycles. The van der Waals surface area contributed by atoms with Gasteiger partial charge < -0.3 is 4.74 Å². The molecule has 0 atom stereocenters. The minimum atomic E-state index is -0.297. The second kappa shape index (κ2) is 5.98. The van der Waals surface area contributed by atoms with E-state index in [9.17, 15) is 4.39 Å². The van der Waals surface area contributed by atoms with Crippen molar-refractivity contribution in [3.05, 3.63) is 71.9 Å². The molecule has 25 heavy (non-hydrogen) atoms. The van der Waals surface area contributed by atoms with Crippen LogP contribution in [-0.2, 0) is 0 Å². The fraction of sp³-hybridized carbons (Fsp3) is 0.105. The Labute approximate surface area is 143 Å². The van der Waals surface area contributed by atoms with E-state index in [4.69, 9.17) is 4.74 Å². The van der Waals surface area contributed by atoms with E-state index in [2.05, 4.69) is 15.1 Å². The molecule has 0 aliphatic rings. The van der Waals surface area contributed by atoms with Crippen LogP contribution in [0.4, 0.5) is 4.39 Å². The molecule has 2 aromatic carbocycles. The number of fused-ring (bicyclic) bond motifs is 1. The first-order chi connectivity index (χ1) is 12.1. The Bertz CT molecular complexity index is 1060. The summed E-state index contributed by atoms with van der Waals surface area (Å²) in [5, 5.41) is 5.04. The lowest BCUT2D eigenvalue weighted by atomic mass is 10.1. The number of nitrogens with zero attached hydrogens (tertiary/aromatic N) is 4. The molecule has 0 amide bonds. The maximum absolute atomic E-state index is 13.1. The van der Waals surface area contributed by atoms with Crippen LogP contribution in [0, 0.1) is 19.7 Å². The molecule has 0 aliphatic heterocycles. The average Bonchev–Trinajstić information content (AvgIpc) is 3.04. The van der Waals surface area contributed by atoms with E-state index in [1.807, 2.05) is 32.0 Å². The van der Waals surface area contributed by atoms with E-state index < -0.39 is 0 Å². The molecule has 0 radical (unpaired) electrons. The summed E-state index contributed by atoms with van der Waals surface area (Å²) in [7, 11) is 0. The number of aryl methyl sites for hydroxylation is 2. The van der Waals surface area contributed by atoms with E-state index in [0.717, 1.165) is 16.9 Å². The second-order valence-corrected chi connectivity index (χ2v) is 5.82. The minimum Gasteiger partial charge on any atom is -0.438 e. The molecule has 0 saturated carbocycles. The summed E-state index contributed by atoms with van der Waals surface area (Å²) in [6.45, 7) is 3.99. The summed E-state index contributed by atoms with van der Waals surface area (Å²) in [6, 6.07) is 12.1. The molecule has 0 spiro atoms. The quantitative estimate of drug-likeness (QED) is 0.558. The molecule has 5 nitrogen and oxygen atoms in total. The van der Waals surface area contributed by atoms with Gasteiger partial charge in [0, 0.05) is 0 Å². The molecule has 0 fully saturated rings. The zero-order valence-corrected chi connectivity index (χ0v) is 13.8. The highest BCUT2D eigenvalue weighted by Crippen LogP contribution is 2.30. The zero-order chi connectivity index (χ0) is 17.4. The van der Waals surface area contributed by atoms with Gasteiger partial charge in [-0.15, -0.1) is 0 Å². The van der Waals surface area contributed by atoms with Gasteiger partial charge in [-0.05, 0) is 55.3 Å². The number of aromatic nitrogens is 4. The van der Waals surface area contributed by atoms with Gasteiger partial charge in [0.2, 0.25) is 5.88 Å². The van der Waals surface area contributed by atoms with Gasteiger partial charge in [0.1, 0.15) is 23.3 Å². The molecule has 0 unspecified atom stereocenters. The molecule has 4 aromatic rings. The van der Waals surface area contributed by atoms with E-state index in [1.54, 1.807) is 23.0 Å². The van der Waals surface area contributed by atoms with E-state index >= 15 is 0 Å². The predicted octanol–water partition coefficient (Wildman–Crippen LogP) is 4.36. The van der Waals surface area contributed by atoms with Crippen molar-refractivity contribution in [2.24, 2.45) is 0 Å². The summed E-state index contributed by atoms with van der Waals surface area (Å²) >= 11 is 0. The highest BCUT2D eigenvalue weighted by atomic mass is 19.1. The lowest BCUT2D eigenvalue weighted by Crippen LogP contribution is -1.98. The number of hydrogen-bond donors (Lipinski definition) is 0. The van der Waals surface area contributed by atoms with Crippen molar-refractivity contribution < 1.29 is 9.13 Å². The van der Waals surface area contributed by atoms with Crippen molar-refractivity contribution in [2.45, 2.75) is 13.8 Å². The third kappa shape index (κ3) is 2.82. The third-order valence-corrected chi connectivity index (χ3v) is 3.95. The third-order valence-electron chi connectivity index (χ3n) is 3.95. The van der Waals surface area contributed by atoms with Crippen LogP contribution in [-0.4, -0.2) is 19.7 Å². The predicted molar refractivity (Wildman–Crippen MR) is 92.6 cm³/mol.